The Morgan fingerprint density at radius 2 is 1.92 bits per heavy atom. The standard InChI is InChI=1S/C18H31N3O3.HI/c1-5-19-18(20-9-10-23-6-2)21-14-16-8-7-15(3)13-17(16)24-12-11-22-4;/h7-8,13H,5-6,9-12,14H2,1-4H3,(H2,19,20,21);1H. The van der Waals surface area contributed by atoms with E-state index >= 15 is 0 Å². The van der Waals surface area contributed by atoms with Gasteiger partial charge in [0.15, 0.2) is 5.96 Å². The number of methoxy groups -OCH3 is 1. The molecule has 6 nitrogen and oxygen atoms in total. The van der Waals surface area contributed by atoms with Crippen molar-refractivity contribution in [3.63, 3.8) is 0 Å². The van der Waals surface area contributed by atoms with Crippen LogP contribution in [-0.4, -0.2) is 52.6 Å². The van der Waals surface area contributed by atoms with Crippen molar-refractivity contribution < 1.29 is 14.2 Å². The van der Waals surface area contributed by atoms with Crippen LogP contribution in [0.1, 0.15) is 25.0 Å². The first kappa shape index (κ1) is 23.9. The number of ether oxygens (including phenoxy) is 3. The highest BCUT2D eigenvalue weighted by Crippen LogP contribution is 2.21. The van der Waals surface area contributed by atoms with Gasteiger partial charge in [-0.15, -0.1) is 24.0 Å². The molecule has 0 fully saturated rings. The fourth-order valence-electron chi connectivity index (χ4n) is 2.05. The summed E-state index contributed by atoms with van der Waals surface area (Å²) in [6.07, 6.45) is 0. The summed E-state index contributed by atoms with van der Waals surface area (Å²) in [4.78, 5) is 4.63. The van der Waals surface area contributed by atoms with Crippen LogP contribution >= 0.6 is 24.0 Å². The van der Waals surface area contributed by atoms with Crippen molar-refractivity contribution in [3.05, 3.63) is 29.3 Å². The van der Waals surface area contributed by atoms with E-state index in [9.17, 15) is 0 Å². The smallest absolute Gasteiger partial charge is 0.191 e. The van der Waals surface area contributed by atoms with Crippen LogP contribution in [0.3, 0.4) is 0 Å². The molecule has 0 heterocycles. The molecule has 0 saturated heterocycles. The van der Waals surface area contributed by atoms with Crippen LogP contribution in [-0.2, 0) is 16.0 Å². The number of rotatable bonds is 11. The lowest BCUT2D eigenvalue weighted by molar-refractivity contribution is 0.145. The number of nitrogens with zero attached hydrogens (tertiary/aromatic N) is 1. The highest BCUT2D eigenvalue weighted by Gasteiger charge is 2.05. The average Bonchev–Trinajstić information content (AvgIpc) is 2.58. The van der Waals surface area contributed by atoms with Crippen LogP contribution in [0.5, 0.6) is 5.75 Å². The quantitative estimate of drug-likeness (QED) is 0.228. The second kappa shape index (κ2) is 15.2. The molecule has 0 saturated carbocycles. The summed E-state index contributed by atoms with van der Waals surface area (Å²) >= 11 is 0. The average molecular weight is 465 g/mol. The maximum atomic E-state index is 5.81. The van der Waals surface area contributed by atoms with Gasteiger partial charge in [0.25, 0.3) is 0 Å². The molecule has 25 heavy (non-hydrogen) atoms. The van der Waals surface area contributed by atoms with Gasteiger partial charge in [-0.25, -0.2) is 4.99 Å². The lowest BCUT2D eigenvalue weighted by Crippen LogP contribution is -2.39. The minimum absolute atomic E-state index is 0. The van der Waals surface area contributed by atoms with Gasteiger partial charge in [0.05, 0.1) is 19.8 Å². The molecule has 0 amide bonds. The van der Waals surface area contributed by atoms with E-state index in [4.69, 9.17) is 14.2 Å². The number of nitrogens with one attached hydrogen (secondary N) is 2. The number of hydrogen-bond donors (Lipinski definition) is 2. The molecular weight excluding hydrogens is 433 g/mol. The molecule has 1 aromatic rings. The predicted octanol–water partition coefficient (Wildman–Crippen LogP) is 2.73. The minimum atomic E-state index is 0. The first-order valence-corrected chi connectivity index (χ1v) is 8.52. The largest absolute Gasteiger partial charge is 0.491 e. The number of benzene rings is 1. The van der Waals surface area contributed by atoms with Crippen LogP contribution < -0.4 is 15.4 Å². The third-order valence-electron chi connectivity index (χ3n) is 3.26. The third-order valence-corrected chi connectivity index (χ3v) is 3.26. The number of aryl methyl sites for hydroxylation is 1. The van der Waals surface area contributed by atoms with Crippen molar-refractivity contribution in [1.29, 1.82) is 0 Å². The Hall–Kier alpha value is -1.06. The molecular formula is C18H32IN3O3. The van der Waals surface area contributed by atoms with Crippen molar-refractivity contribution in [1.82, 2.24) is 10.6 Å². The lowest BCUT2D eigenvalue weighted by atomic mass is 10.1. The van der Waals surface area contributed by atoms with E-state index < -0.39 is 0 Å². The summed E-state index contributed by atoms with van der Waals surface area (Å²) in [5.41, 5.74) is 2.22. The van der Waals surface area contributed by atoms with E-state index in [1.54, 1.807) is 7.11 Å². The summed E-state index contributed by atoms with van der Waals surface area (Å²) in [5.74, 6) is 1.64. The Bertz CT molecular complexity index is 498. The summed E-state index contributed by atoms with van der Waals surface area (Å²) in [6.45, 7) is 10.7. The maximum Gasteiger partial charge on any atom is 0.191 e. The molecule has 7 heteroatoms. The topological polar surface area (TPSA) is 64.1 Å². The molecule has 0 aliphatic heterocycles. The molecule has 144 valence electrons. The van der Waals surface area contributed by atoms with Crippen molar-refractivity contribution in [2.45, 2.75) is 27.3 Å². The number of halogens is 1. The van der Waals surface area contributed by atoms with Gasteiger partial charge < -0.3 is 24.8 Å². The van der Waals surface area contributed by atoms with Crippen molar-refractivity contribution in [3.8, 4) is 5.75 Å². The lowest BCUT2D eigenvalue weighted by Gasteiger charge is -2.13. The fourth-order valence-corrected chi connectivity index (χ4v) is 2.05. The molecule has 0 aliphatic rings. The first-order valence-electron chi connectivity index (χ1n) is 8.52. The summed E-state index contributed by atoms with van der Waals surface area (Å²) in [7, 11) is 1.67. The Kier molecular flexibility index (Phi) is 14.6. The van der Waals surface area contributed by atoms with Crippen molar-refractivity contribution >= 4 is 29.9 Å². The molecule has 1 aromatic carbocycles. The van der Waals surface area contributed by atoms with Crippen molar-refractivity contribution in [2.75, 3.05) is 46.6 Å². The minimum Gasteiger partial charge on any atom is -0.491 e. The van der Waals surface area contributed by atoms with E-state index in [2.05, 4.69) is 34.7 Å². The second-order valence-electron chi connectivity index (χ2n) is 5.27. The zero-order chi connectivity index (χ0) is 17.6. The van der Waals surface area contributed by atoms with Gasteiger partial charge in [-0.05, 0) is 32.4 Å². The Morgan fingerprint density at radius 3 is 2.60 bits per heavy atom. The summed E-state index contributed by atoms with van der Waals surface area (Å²) in [6, 6.07) is 6.17. The zero-order valence-electron chi connectivity index (χ0n) is 15.8. The summed E-state index contributed by atoms with van der Waals surface area (Å²) in [5, 5.41) is 6.50. The third kappa shape index (κ3) is 10.5. The molecule has 0 aromatic heterocycles. The van der Waals surface area contributed by atoms with Crippen LogP contribution in [0, 0.1) is 6.92 Å². The molecule has 0 atom stereocenters. The van der Waals surface area contributed by atoms with Gasteiger partial charge in [-0.3, -0.25) is 0 Å². The van der Waals surface area contributed by atoms with Crippen LogP contribution in [0.2, 0.25) is 0 Å². The fraction of sp³-hybridized carbons (Fsp3) is 0.611. The monoisotopic (exact) mass is 465 g/mol. The van der Waals surface area contributed by atoms with Gasteiger partial charge in [-0.1, -0.05) is 12.1 Å². The van der Waals surface area contributed by atoms with Crippen molar-refractivity contribution in [2.24, 2.45) is 4.99 Å². The molecule has 0 unspecified atom stereocenters. The molecule has 0 radical (unpaired) electrons. The van der Waals surface area contributed by atoms with Crippen LogP contribution in [0.4, 0.5) is 0 Å². The maximum absolute atomic E-state index is 5.81. The van der Waals surface area contributed by atoms with Gasteiger partial charge in [0.2, 0.25) is 0 Å². The summed E-state index contributed by atoms with van der Waals surface area (Å²) < 4.78 is 16.2. The van der Waals surface area contributed by atoms with Crippen LogP contribution in [0.15, 0.2) is 23.2 Å². The van der Waals surface area contributed by atoms with E-state index in [1.165, 1.54) is 0 Å². The van der Waals surface area contributed by atoms with E-state index in [0.29, 0.717) is 26.4 Å². The second-order valence-corrected chi connectivity index (χ2v) is 5.27. The predicted molar refractivity (Wildman–Crippen MR) is 113 cm³/mol. The molecule has 1 rings (SSSR count). The number of aliphatic imine (C=N–C) groups is 1. The Balaban J connectivity index is 0.00000576. The van der Waals surface area contributed by atoms with Gasteiger partial charge in [0.1, 0.15) is 12.4 Å². The first-order chi connectivity index (χ1) is 11.7. The molecule has 0 spiro atoms. The Labute approximate surface area is 168 Å². The van der Waals surface area contributed by atoms with E-state index in [1.807, 2.05) is 19.9 Å². The Morgan fingerprint density at radius 1 is 1.12 bits per heavy atom. The van der Waals surface area contributed by atoms with E-state index in [-0.39, 0.29) is 24.0 Å². The zero-order valence-corrected chi connectivity index (χ0v) is 18.1. The number of hydrogen-bond acceptors (Lipinski definition) is 4. The van der Waals surface area contributed by atoms with Gasteiger partial charge in [-0.2, -0.15) is 0 Å². The number of guanidine groups is 1. The molecule has 0 aliphatic carbocycles. The molecule has 0 bridgehead atoms. The van der Waals surface area contributed by atoms with E-state index in [0.717, 1.165) is 42.5 Å². The normalized spacial score (nSPS) is 11.0. The highest BCUT2D eigenvalue weighted by atomic mass is 127. The highest BCUT2D eigenvalue weighted by molar-refractivity contribution is 14.0. The van der Waals surface area contributed by atoms with Gasteiger partial charge in [0, 0.05) is 32.4 Å². The molecule has 2 N–H and O–H groups in total. The van der Waals surface area contributed by atoms with Gasteiger partial charge >= 0.3 is 0 Å². The van der Waals surface area contributed by atoms with Crippen LogP contribution in [0.25, 0.3) is 0 Å². The SMILES string of the molecule is CCNC(=NCc1ccc(C)cc1OCCOC)NCCOCC.I.